The van der Waals surface area contributed by atoms with Crippen molar-refractivity contribution in [3.05, 3.63) is 0 Å². The summed E-state index contributed by atoms with van der Waals surface area (Å²) in [4.78, 5) is 54.2. The summed E-state index contributed by atoms with van der Waals surface area (Å²) in [6.07, 6.45) is -8.97. The van der Waals surface area contributed by atoms with E-state index < -0.39 is 36.9 Å². The Morgan fingerprint density at radius 1 is 0.355 bits per heavy atom. The summed E-state index contributed by atoms with van der Waals surface area (Å²) < 4.78 is 21.3. The summed E-state index contributed by atoms with van der Waals surface area (Å²) >= 11 is 0. The molecule has 0 heterocycles. The van der Waals surface area contributed by atoms with E-state index in [0.717, 1.165) is 42.7 Å². The largest absolute Gasteiger partial charge is 6.00 e. The van der Waals surface area contributed by atoms with Crippen molar-refractivity contribution in [2.45, 2.75) is 0 Å². The zero-order valence-corrected chi connectivity index (χ0v) is 19.7. The fraction of sp³-hybridized carbons (Fsp3) is 0.500. The standard InChI is InChI=1S/6C2H4O3.W/c6*1-5-2(3)4;/h6*1H3,(H,3,4);/q;;;;;;+6/p-6. The molecule has 0 saturated carbocycles. The molecule has 0 radical (unpaired) electrons. The Labute approximate surface area is 189 Å². The molecule has 180 valence electrons. The van der Waals surface area contributed by atoms with Gasteiger partial charge in [-0.25, -0.2) is 0 Å². The molecule has 0 saturated heterocycles. The van der Waals surface area contributed by atoms with Gasteiger partial charge >= 0.3 is 21.1 Å². The Morgan fingerprint density at radius 2 is 0.387 bits per heavy atom. The van der Waals surface area contributed by atoms with E-state index in [0.29, 0.717) is 0 Å². The van der Waals surface area contributed by atoms with Crippen LogP contribution < -0.4 is 30.6 Å². The van der Waals surface area contributed by atoms with Crippen LogP contribution in [-0.4, -0.2) is 79.6 Å². The summed E-state index contributed by atoms with van der Waals surface area (Å²) in [6, 6.07) is 0. The topological polar surface area (TPSA) is 296 Å². The molecule has 0 aliphatic heterocycles. The molecular formula is C12H18O18W. The quantitative estimate of drug-likeness (QED) is 0.177. The first-order valence-corrected chi connectivity index (χ1v) is 6.12. The third-order valence-electron chi connectivity index (χ3n) is 1.00. The number of carbonyl (C=O) groups is 6. The summed E-state index contributed by atoms with van der Waals surface area (Å²) in [6.45, 7) is 0. The van der Waals surface area contributed by atoms with E-state index in [4.69, 9.17) is 59.4 Å². The smallest absolute Gasteiger partial charge is 0.553 e. The van der Waals surface area contributed by atoms with Crippen LogP contribution in [0.4, 0.5) is 28.8 Å². The van der Waals surface area contributed by atoms with Crippen LogP contribution in [0.5, 0.6) is 0 Å². The minimum absolute atomic E-state index is 0. The van der Waals surface area contributed by atoms with Gasteiger partial charge in [-0.2, -0.15) is 0 Å². The van der Waals surface area contributed by atoms with Gasteiger partial charge in [0.15, 0.2) is 0 Å². The molecule has 0 aromatic heterocycles. The molecule has 0 unspecified atom stereocenters. The van der Waals surface area contributed by atoms with Gasteiger partial charge in [-0.3, -0.25) is 0 Å². The number of hydrogen-bond acceptors (Lipinski definition) is 18. The maximum absolute atomic E-state index is 9.03. The molecule has 19 heteroatoms. The summed E-state index contributed by atoms with van der Waals surface area (Å²) in [5, 5.41) is 54.2. The second-order valence-corrected chi connectivity index (χ2v) is 2.72. The second kappa shape index (κ2) is 40.9. The van der Waals surface area contributed by atoms with Gasteiger partial charge in [0.1, 0.15) is 0 Å². The minimum atomic E-state index is -1.50. The number of carboxylic acid groups (broad SMARTS) is 6. The molecule has 18 nitrogen and oxygen atoms in total. The maximum Gasteiger partial charge on any atom is 6.00 e. The van der Waals surface area contributed by atoms with Crippen molar-refractivity contribution in [2.75, 3.05) is 42.7 Å². The molecule has 0 amide bonds. The molecular weight excluding hydrogens is 616 g/mol. The maximum atomic E-state index is 9.03. The first-order chi connectivity index (χ1) is 13.6. The SMILES string of the molecule is COC(=O)[O-].COC(=O)[O-].COC(=O)[O-].COC(=O)[O-].COC(=O)[O-].COC(=O)[O-].[W+6]. The molecule has 0 aromatic rings. The Morgan fingerprint density at radius 3 is 0.387 bits per heavy atom. The van der Waals surface area contributed by atoms with Crippen LogP contribution in [0.25, 0.3) is 0 Å². The molecule has 0 bridgehead atoms. The van der Waals surface area contributed by atoms with Gasteiger partial charge in [0, 0.05) is 42.7 Å². The van der Waals surface area contributed by atoms with Gasteiger partial charge in [0.25, 0.3) is 36.9 Å². The fourth-order valence-electron chi connectivity index (χ4n) is 0. The van der Waals surface area contributed by atoms with Crippen molar-refractivity contribution in [1.29, 1.82) is 0 Å². The van der Waals surface area contributed by atoms with E-state index in [1.165, 1.54) is 0 Å². The van der Waals surface area contributed by atoms with Crippen LogP contribution in [0, 0.1) is 0 Å². The van der Waals surface area contributed by atoms with Gasteiger partial charge in [-0.05, 0) is 0 Å². The van der Waals surface area contributed by atoms with Crippen molar-refractivity contribution in [3.8, 4) is 0 Å². The van der Waals surface area contributed by atoms with Gasteiger partial charge in [0.05, 0.1) is 0 Å². The first kappa shape index (κ1) is 45.8. The Bertz CT molecular complexity index is 356. The monoisotopic (exact) mass is 634 g/mol. The molecule has 0 fully saturated rings. The van der Waals surface area contributed by atoms with Gasteiger partial charge < -0.3 is 87.8 Å². The van der Waals surface area contributed by atoms with Crippen molar-refractivity contribution < 1.29 is 109 Å². The van der Waals surface area contributed by atoms with Crippen LogP contribution in [0.15, 0.2) is 0 Å². The average molecular weight is 634 g/mol. The third-order valence-corrected chi connectivity index (χ3v) is 1.00. The average Bonchev–Trinajstić information content (AvgIpc) is 2.69. The minimum Gasteiger partial charge on any atom is -0.553 e. The van der Waals surface area contributed by atoms with Crippen LogP contribution >= 0.6 is 0 Å². The van der Waals surface area contributed by atoms with E-state index in [1.807, 2.05) is 0 Å². The summed E-state index contributed by atoms with van der Waals surface area (Å²) in [5.74, 6) is 0. The van der Waals surface area contributed by atoms with Gasteiger partial charge in [-0.15, -0.1) is 0 Å². The normalized spacial score (nSPS) is 6.39. The third kappa shape index (κ3) is 225. The Hall–Kier alpha value is -3.69. The van der Waals surface area contributed by atoms with Crippen molar-refractivity contribution >= 4 is 36.9 Å². The zero-order valence-electron chi connectivity index (χ0n) is 16.8. The molecule has 0 aromatic carbocycles. The molecule has 0 aliphatic carbocycles. The van der Waals surface area contributed by atoms with Gasteiger partial charge in [-0.1, -0.05) is 0 Å². The van der Waals surface area contributed by atoms with Crippen LogP contribution in [-0.2, 0) is 49.5 Å². The number of ether oxygens (including phenoxy) is 6. The number of rotatable bonds is 0. The van der Waals surface area contributed by atoms with Crippen LogP contribution in [0.1, 0.15) is 0 Å². The van der Waals surface area contributed by atoms with Crippen molar-refractivity contribution in [1.82, 2.24) is 0 Å². The zero-order chi connectivity index (χ0) is 25.7. The van der Waals surface area contributed by atoms with Crippen molar-refractivity contribution in [3.63, 3.8) is 0 Å². The van der Waals surface area contributed by atoms with E-state index in [-0.39, 0.29) is 21.1 Å². The summed E-state index contributed by atoms with van der Waals surface area (Å²) in [5.41, 5.74) is 0. The number of methoxy groups -OCH3 is 6. The van der Waals surface area contributed by atoms with Crippen LogP contribution in [0.3, 0.4) is 0 Å². The first-order valence-electron chi connectivity index (χ1n) is 6.12. The van der Waals surface area contributed by atoms with Crippen molar-refractivity contribution in [2.24, 2.45) is 0 Å². The predicted molar refractivity (Wildman–Crippen MR) is 74.4 cm³/mol. The molecule has 0 aliphatic rings. The fourth-order valence-corrected chi connectivity index (χ4v) is 0. The van der Waals surface area contributed by atoms with E-state index >= 15 is 0 Å². The second-order valence-electron chi connectivity index (χ2n) is 2.72. The molecule has 31 heavy (non-hydrogen) atoms. The molecule has 0 spiro atoms. The summed E-state index contributed by atoms with van der Waals surface area (Å²) in [7, 11) is 6.22. The predicted octanol–water partition coefficient (Wildman–Crippen LogP) is -6.15. The number of carbonyl (C=O) groups excluding carboxylic acids is 6. The Kier molecular flexibility index (Phi) is 60.4. The molecule has 0 rings (SSSR count). The molecule has 0 N–H and O–H groups in total. The van der Waals surface area contributed by atoms with E-state index in [2.05, 4.69) is 28.4 Å². The molecule has 0 atom stereocenters. The Balaban J connectivity index is -0.0000000443. The van der Waals surface area contributed by atoms with Gasteiger partial charge in [0.2, 0.25) is 0 Å². The van der Waals surface area contributed by atoms with E-state index in [1.54, 1.807) is 0 Å². The van der Waals surface area contributed by atoms with E-state index in [9.17, 15) is 0 Å². The number of hydrogen-bond donors (Lipinski definition) is 0. The van der Waals surface area contributed by atoms with Crippen LogP contribution in [0.2, 0.25) is 0 Å².